The summed E-state index contributed by atoms with van der Waals surface area (Å²) in [7, 11) is 0. The smallest absolute Gasteiger partial charge is 0.191 e. The van der Waals surface area contributed by atoms with E-state index in [1.807, 2.05) is 55.5 Å². The Morgan fingerprint density at radius 3 is 2.55 bits per heavy atom. The molecule has 0 saturated carbocycles. The molecule has 0 atom stereocenters. The molecule has 0 aliphatic carbocycles. The summed E-state index contributed by atoms with van der Waals surface area (Å²) in [5.74, 6) is 0. The summed E-state index contributed by atoms with van der Waals surface area (Å²) in [6.45, 7) is 4.00. The maximum atomic E-state index is 6.10. The second-order valence-corrected chi connectivity index (χ2v) is 5.57. The average molecular weight is 332 g/mol. The van der Waals surface area contributed by atoms with Gasteiger partial charge in [0.2, 0.25) is 0 Å². The van der Waals surface area contributed by atoms with Crippen LogP contribution in [0.4, 0.5) is 5.69 Å². The molecule has 0 fully saturated rings. The molecule has 5 heteroatoms. The van der Waals surface area contributed by atoms with E-state index < -0.39 is 0 Å². The highest BCUT2D eigenvalue weighted by Crippen LogP contribution is 2.22. The number of benzene rings is 2. The fourth-order valence-electron chi connectivity index (χ4n) is 1.99. The highest BCUT2D eigenvalue weighted by Gasteiger charge is 2.04. The standard InChI is InChI=1S/C17H18ClN3S/c1-3-15(13-8-5-4-6-9-13)20-21-17(22)19-16-11-7-10-14(18)12(16)2/h4-11H,3H2,1-2H3,(H2,19,21,22)/b20-15-. The Morgan fingerprint density at radius 1 is 1.14 bits per heavy atom. The lowest BCUT2D eigenvalue weighted by Crippen LogP contribution is -2.25. The van der Waals surface area contributed by atoms with Gasteiger partial charge in [0.05, 0.1) is 5.71 Å². The van der Waals surface area contributed by atoms with Crippen LogP contribution in [0.1, 0.15) is 24.5 Å². The van der Waals surface area contributed by atoms with Crippen molar-refractivity contribution in [3.05, 3.63) is 64.7 Å². The summed E-state index contributed by atoms with van der Waals surface area (Å²) in [5.41, 5.74) is 6.75. The molecule has 0 bridgehead atoms. The summed E-state index contributed by atoms with van der Waals surface area (Å²) in [4.78, 5) is 0. The van der Waals surface area contributed by atoms with Crippen LogP contribution in [0, 0.1) is 6.92 Å². The summed E-state index contributed by atoms with van der Waals surface area (Å²) in [6.07, 6.45) is 0.815. The van der Waals surface area contributed by atoms with Gasteiger partial charge in [-0.25, -0.2) is 0 Å². The molecule has 0 heterocycles. The first kappa shape index (κ1) is 16.5. The first-order valence-corrected chi connectivity index (χ1v) is 7.84. The molecule has 0 aromatic heterocycles. The van der Waals surface area contributed by atoms with Gasteiger partial charge in [-0.2, -0.15) is 5.10 Å². The molecule has 2 N–H and O–H groups in total. The second kappa shape index (κ2) is 7.92. The lowest BCUT2D eigenvalue weighted by Gasteiger charge is -2.12. The van der Waals surface area contributed by atoms with Gasteiger partial charge in [-0.05, 0) is 48.8 Å². The predicted molar refractivity (Wildman–Crippen MR) is 98.8 cm³/mol. The van der Waals surface area contributed by atoms with Crippen molar-refractivity contribution in [3.8, 4) is 0 Å². The second-order valence-electron chi connectivity index (χ2n) is 4.76. The number of halogens is 1. The van der Waals surface area contributed by atoms with E-state index >= 15 is 0 Å². The van der Waals surface area contributed by atoms with E-state index in [0.717, 1.165) is 28.9 Å². The van der Waals surface area contributed by atoms with Gasteiger partial charge in [-0.1, -0.05) is 54.9 Å². The maximum absolute atomic E-state index is 6.10. The molecule has 0 spiro atoms. The predicted octanol–water partition coefficient (Wildman–Crippen LogP) is 4.75. The number of nitrogens with one attached hydrogen (secondary N) is 2. The Bertz CT molecular complexity index is 684. The van der Waals surface area contributed by atoms with Crippen molar-refractivity contribution >= 4 is 40.3 Å². The Morgan fingerprint density at radius 2 is 1.86 bits per heavy atom. The summed E-state index contributed by atoms with van der Waals surface area (Å²) in [6, 6.07) is 15.7. The Labute approximate surface area is 141 Å². The van der Waals surface area contributed by atoms with Crippen molar-refractivity contribution in [3.63, 3.8) is 0 Å². The van der Waals surface area contributed by atoms with Gasteiger partial charge in [0.25, 0.3) is 0 Å². The first-order valence-electron chi connectivity index (χ1n) is 7.06. The molecule has 3 nitrogen and oxygen atoms in total. The molecule has 114 valence electrons. The fourth-order valence-corrected chi connectivity index (χ4v) is 2.32. The molecule has 0 saturated heterocycles. The van der Waals surface area contributed by atoms with E-state index in [9.17, 15) is 0 Å². The number of anilines is 1. The van der Waals surface area contributed by atoms with Crippen molar-refractivity contribution < 1.29 is 0 Å². The Balaban J connectivity index is 2.05. The highest BCUT2D eigenvalue weighted by atomic mass is 35.5. The minimum Gasteiger partial charge on any atom is -0.331 e. The van der Waals surface area contributed by atoms with Gasteiger partial charge < -0.3 is 5.32 Å². The molecule has 2 rings (SSSR count). The minimum atomic E-state index is 0.437. The van der Waals surface area contributed by atoms with Gasteiger partial charge in [0.1, 0.15) is 0 Å². The normalized spacial score (nSPS) is 11.1. The first-order chi connectivity index (χ1) is 10.6. The van der Waals surface area contributed by atoms with Gasteiger partial charge in [0.15, 0.2) is 5.11 Å². The van der Waals surface area contributed by atoms with Crippen molar-refractivity contribution in [2.24, 2.45) is 5.10 Å². The summed E-state index contributed by atoms with van der Waals surface area (Å²) >= 11 is 11.4. The van der Waals surface area contributed by atoms with E-state index in [1.165, 1.54) is 0 Å². The molecule has 0 aliphatic rings. The van der Waals surface area contributed by atoms with E-state index in [4.69, 9.17) is 23.8 Å². The molecule has 2 aromatic rings. The van der Waals surface area contributed by atoms with Crippen molar-refractivity contribution in [1.82, 2.24) is 5.43 Å². The van der Waals surface area contributed by atoms with Crippen LogP contribution < -0.4 is 10.7 Å². The molecular formula is C17H18ClN3S. The van der Waals surface area contributed by atoms with Gasteiger partial charge >= 0.3 is 0 Å². The maximum Gasteiger partial charge on any atom is 0.191 e. The lowest BCUT2D eigenvalue weighted by molar-refractivity contribution is 1.02. The molecule has 2 aromatic carbocycles. The largest absolute Gasteiger partial charge is 0.331 e. The lowest BCUT2D eigenvalue weighted by atomic mass is 10.1. The molecule has 0 radical (unpaired) electrons. The topological polar surface area (TPSA) is 36.4 Å². The Kier molecular flexibility index (Phi) is 5.92. The number of nitrogens with zero attached hydrogens (tertiary/aromatic N) is 1. The molecule has 0 unspecified atom stereocenters. The number of rotatable bonds is 4. The zero-order valence-corrected chi connectivity index (χ0v) is 14.1. The zero-order valence-electron chi connectivity index (χ0n) is 12.6. The van der Waals surface area contributed by atoms with Crippen molar-refractivity contribution in [1.29, 1.82) is 0 Å². The third-order valence-corrected chi connectivity index (χ3v) is 3.85. The van der Waals surface area contributed by atoms with Gasteiger partial charge in [-0.15, -0.1) is 0 Å². The summed E-state index contributed by atoms with van der Waals surface area (Å²) in [5, 5.41) is 8.64. The highest BCUT2D eigenvalue weighted by molar-refractivity contribution is 7.80. The van der Waals surface area contributed by atoms with Crippen molar-refractivity contribution in [2.75, 3.05) is 5.32 Å². The van der Waals surface area contributed by atoms with E-state index in [0.29, 0.717) is 10.1 Å². The van der Waals surface area contributed by atoms with Crippen LogP contribution in [0.25, 0.3) is 0 Å². The fraction of sp³-hybridized carbons (Fsp3) is 0.176. The van der Waals surface area contributed by atoms with Crippen LogP contribution in [-0.4, -0.2) is 10.8 Å². The van der Waals surface area contributed by atoms with Crippen LogP contribution in [0.2, 0.25) is 5.02 Å². The Hall–Kier alpha value is -1.91. The van der Waals surface area contributed by atoms with Crippen LogP contribution in [0.5, 0.6) is 0 Å². The zero-order chi connectivity index (χ0) is 15.9. The minimum absolute atomic E-state index is 0.437. The SMILES string of the molecule is CC/C(=N/NC(=S)Nc1cccc(Cl)c1C)c1ccccc1. The third-order valence-electron chi connectivity index (χ3n) is 3.25. The average Bonchev–Trinajstić information content (AvgIpc) is 2.53. The van der Waals surface area contributed by atoms with E-state index in [2.05, 4.69) is 22.8 Å². The molecule has 0 amide bonds. The van der Waals surface area contributed by atoms with Gasteiger partial charge in [-0.3, -0.25) is 5.43 Å². The monoisotopic (exact) mass is 331 g/mol. The van der Waals surface area contributed by atoms with E-state index in [-0.39, 0.29) is 0 Å². The van der Waals surface area contributed by atoms with Crippen molar-refractivity contribution in [2.45, 2.75) is 20.3 Å². The van der Waals surface area contributed by atoms with E-state index in [1.54, 1.807) is 0 Å². The van der Waals surface area contributed by atoms with Gasteiger partial charge in [0, 0.05) is 10.7 Å². The number of hydrogen-bond donors (Lipinski definition) is 2. The number of hydrazone groups is 1. The summed E-state index contributed by atoms with van der Waals surface area (Å²) < 4.78 is 0. The van der Waals surface area contributed by atoms with Crippen LogP contribution in [0.3, 0.4) is 0 Å². The third kappa shape index (κ3) is 4.29. The van der Waals surface area contributed by atoms with Crippen LogP contribution in [-0.2, 0) is 0 Å². The number of thiocarbonyl (C=S) groups is 1. The van der Waals surface area contributed by atoms with Crippen LogP contribution >= 0.6 is 23.8 Å². The number of hydrogen-bond acceptors (Lipinski definition) is 2. The molecule has 0 aliphatic heterocycles. The molecular weight excluding hydrogens is 314 g/mol. The molecule has 22 heavy (non-hydrogen) atoms. The quantitative estimate of drug-likeness (QED) is 0.482. The van der Waals surface area contributed by atoms with Crippen LogP contribution in [0.15, 0.2) is 53.6 Å².